The van der Waals surface area contributed by atoms with Crippen molar-refractivity contribution in [1.82, 2.24) is 19.3 Å². The molecule has 0 radical (unpaired) electrons. The van der Waals surface area contributed by atoms with Gasteiger partial charge < -0.3 is 9.26 Å². The fraction of sp³-hybridized carbons (Fsp3) is 0.115. The summed E-state index contributed by atoms with van der Waals surface area (Å²) in [5.41, 5.74) is 0.191. The fourth-order valence-corrected chi connectivity index (χ4v) is 4.36. The summed E-state index contributed by atoms with van der Waals surface area (Å²) >= 11 is 1.63. The van der Waals surface area contributed by atoms with Gasteiger partial charge in [-0.2, -0.15) is 4.98 Å². The van der Waals surface area contributed by atoms with Crippen molar-refractivity contribution in [2.45, 2.75) is 11.4 Å². The van der Waals surface area contributed by atoms with Crippen LogP contribution in [0.5, 0.6) is 0 Å². The Hall–Kier alpha value is -4.44. The number of hydrogen-bond acceptors (Lipinski definition) is 8. The number of rotatable bonds is 6. The zero-order chi connectivity index (χ0) is 25.2. The summed E-state index contributed by atoms with van der Waals surface area (Å²) in [5.74, 6) is -0.0809. The van der Waals surface area contributed by atoms with E-state index in [1.54, 1.807) is 48.2 Å². The van der Waals surface area contributed by atoms with Crippen LogP contribution < -0.4 is 11.2 Å². The van der Waals surface area contributed by atoms with Gasteiger partial charge in [-0.15, -0.1) is 11.8 Å². The van der Waals surface area contributed by atoms with Gasteiger partial charge in [0.05, 0.1) is 29.3 Å². The van der Waals surface area contributed by atoms with Gasteiger partial charge in [0, 0.05) is 10.5 Å². The van der Waals surface area contributed by atoms with Gasteiger partial charge in [-0.3, -0.25) is 9.36 Å². The van der Waals surface area contributed by atoms with Crippen LogP contribution in [0.25, 0.3) is 28.0 Å². The van der Waals surface area contributed by atoms with Crippen molar-refractivity contribution in [3.63, 3.8) is 0 Å². The van der Waals surface area contributed by atoms with Crippen LogP contribution in [0.1, 0.15) is 16.2 Å². The topological polar surface area (TPSA) is 109 Å². The first-order valence-corrected chi connectivity index (χ1v) is 12.1. The molecule has 3 aromatic carbocycles. The molecule has 0 fully saturated rings. The van der Waals surface area contributed by atoms with E-state index < -0.39 is 17.2 Å². The van der Waals surface area contributed by atoms with Crippen molar-refractivity contribution < 1.29 is 14.1 Å². The molecule has 0 spiro atoms. The summed E-state index contributed by atoms with van der Waals surface area (Å²) in [6.45, 7) is -0.0735. The average Bonchev–Trinajstić information content (AvgIpc) is 3.39. The van der Waals surface area contributed by atoms with Crippen molar-refractivity contribution in [2.75, 3.05) is 13.4 Å². The number of para-hydroxylation sites is 2. The SMILES string of the molecule is COC(=O)c1ccccc1-n1c(=O)c2ccccc2n(Cc2nc(-c3ccc(SC)cc3)no2)c1=O. The Morgan fingerprint density at radius 2 is 1.72 bits per heavy atom. The third kappa shape index (κ3) is 4.11. The van der Waals surface area contributed by atoms with Crippen LogP contribution in [0.2, 0.25) is 0 Å². The summed E-state index contributed by atoms with van der Waals surface area (Å²) in [4.78, 5) is 45.0. The molecule has 0 bridgehead atoms. The second-order valence-corrected chi connectivity index (χ2v) is 8.66. The first-order chi connectivity index (χ1) is 17.5. The highest BCUT2D eigenvalue weighted by molar-refractivity contribution is 7.98. The molecule has 5 rings (SSSR count). The molecule has 0 unspecified atom stereocenters. The number of aromatic nitrogens is 4. The minimum Gasteiger partial charge on any atom is -0.465 e. The lowest BCUT2D eigenvalue weighted by Gasteiger charge is -2.14. The number of fused-ring (bicyclic) bond motifs is 1. The van der Waals surface area contributed by atoms with E-state index in [0.717, 1.165) is 15.0 Å². The normalized spacial score (nSPS) is 11.1. The zero-order valence-corrected chi connectivity index (χ0v) is 20.2. The predicted octanol–water partition coefficient (Wildman–Crippen LogP) is 3.76. The molecule has 0 N–H and O–H groups in total. The Morgan fingerprint density at radius 1 is 1.00 bits per heavy atom. The number of benzene rings is 3. The molecule has 0 aliphatic heterocycles. The number of thioether (sulfide) groups is 1. The Labute approximate surface area is 209 Å². The third-order valence-corrected chi connectivity index (χ3v) is 6.45. The molecule has 10 heteroatoms. The second-order valence-electron chi connectivity index (χ2n) is 7.78. The molecule has 0 saturated heterocycles. The lowest BCUT2D eigenvalue weighted by Crippen LogP contribution is -2.40. The third-order valence-electron chi connectivity index (χ3n) is 5.71. The molecule has 0 aliphatic carbocycles. The smallest absolute Gasteiger partial charge is 0.339 e. The molecule has 0 amide bonds. The molecular weight excluding hydrogens is 480 g/mol. The van der Waals surface area contributed by atoms with Crippen LogP contribution in [0.4, 0.5) is 0 Å². The lowest BCUT2D eigenvalue weighted by molar-refractivity contribution is 0.0600. The molecule has 0 aliphatic rings. The molecule has 5 aromatic rings. The van der Waals surface area contributed by atoms with Gasteiger partial charge in [-0.1, -0.05) is 29.4 Å². The fourth-order valence-electron chi connectivity index (χ4n) is 3.95. The van der Waals surface area contributed by atoms with Gasteiger partial charge >= 0.3 is 11.7 Å². The number of ether oxygens (including phenoxy) is 1. The maximum Gasteiger partial charge on any atom is 0.339 e. The number of esters is 1. The highest BCUT2D eigenvalue weighted by Gasteiger charge is 2.21. The lowest BCUT2D eigenvalue weighted by atomic mass is 10.1. The molecule has 180 valence electrons. The summed E-state index contributed by atoms with van der Waals surface area (Å²) < 4.78 is 12.6. The number of hydrogen-bond donors (Lipinski definition) is 0. The van der Waals surface area contributed by atoms with Gasteiger partial charge in [0.2, 0.25) is 11.7 Å². The average molecular weight is 501 g/mol. The number of methoxy groups -OCH3 is 1. The molecule has 0 atom stereocenters. The van der Waals surface area contributed by atoms with E-state index in [1.165, 1.54) is 23.8 Å². The summed E-state index contributed by atoms with van der Waals surface area (Å²) in [5, 5.41) is 4.35. The molecule has 9 nitrogen and oxygen atoms in total. The molecule has 0 saturated carbocycles. The van der Waals surface area contributed by atoms with Crippen LogP contribution in [-0.2, 0) is 11.3 Å². The van der Waals surface area contributed by atoms with Crippen molar-refractivity contribution >= 4 is 28.6 Å². The van der Waals surface area contributed by atoms with E-state index in [2.05, 4.69) is 10.1 Å². The standard InChI is InChI=1S/C26H20N4O5S/c1-34-25(32)19-8-4-6-10-21(19)30-24(31)18-7-3-5-9-20(18)29(26(30)33)15-22-27-23(28-35-22)16-11-13-17(36-2)14-12-16/h3-14H,15H2,1-2H3. The van der Waals surface area contributed by atoms with Crippen LogP contribution >= 0.6 is 11.8 Å². The zero-order valence-electron chi connectivity index (χ0n) is 19.4. The largest absolute Gasteiger partial charge is 0.465 e. The van der Waals surface area contributed by atoms with E-state index in [4.69, 9.17) is 9.26 Å². The van der Waals surface area contributed by atoms with Gasteiger partial charge in [-0.05, 0) is 54.8 Å². The monoisotopic (exact) mass is 500 g/mol. The minimum atomic E-state index is -0.661. The number of carbonyl (C=O) groups is 1. The summed E-state index contributed by atoms with van der Waals surface area (Å²) in [7, 11) is 1.24. The molecular formula is C26H20N4O5S. The van der Waals surface area contributed by atoms with Crippen molar-refractivity contribution in [3.05, 3.63) is 105 Å². The Kier molecular flexibility index (Phi) is 6.26. The quantitative estimate of drug-likeness (QED) is 0.256. The second kappa shape index (κ2) is 9.67. The van der Waals surface area contributed by atoms with Gasteiger partial charge in [-0.25, -0.2) is 14.2 Å². The van der Waals surface area contributed by atoms with E-state index in [9.17, 15) is 14.4 Å². The van der Waals surface area contributed by atoms with Gasteiger partial charge in [0.1, 0.15) is 6.54 Å². The summed E-state index contributed by atoms with van der Waals surface area (Å²) in [6, 6.07) is 20.7. The maximum absolute atomic E-state index is 13.7. The maximum atomic E-state index is 13.7. The van der Waals surface area contributed by atoms with Crippen molar-refractivity contribution in [2.24, 2.45) is 0 Å². The summed E-state index contributed by atoms with van der Waals surface area (Å²) in [6.07, 6.45) is 1.99. The Balaban J connectivity index is 1.65. The predicted molar refractivity (Wildman–Crippen MR) is 136 cm³/mol. The van der Waals surface area contributed by atoms with E-state index >= 15 is 0 Å². The Bertz CT molecular complexity index is 1700. The minimum absolute atomic E-state index is 0.0735. The van der Waals surface area contributed by atoms with E-state index in [0.29, 0.717) is 16.7 Å². The van der Waals surface area contributed by atoms with E-state index in [-0.39, 0.29) is 23.7 Å². The van der Waals surface area contributed by atoms with Crippen LogP contribution in [0, 0.1) is 0 Å². The first kappa shape index (κ1) is 23.3. The molecule has 36 heavy (non-hydrogen) atoms. The van der Waals surface area contributed by atoms with Gasteiger partial charge in [0.15, 0.2) is 0 Å². The first-order valence-electron chi connectivity index (χ1n) is 10.9. The molecule has 2 aromatic heterocycles. The number of nitrogens with zero attached hydrogens (tertiary/aromatic N) is 4. The molecule has 2 heterocycles. The van der Waals surface area contributed by atoms with E-state index in [1.807, 2.05) is 30.5 Å². The van der Waals surface area contributed by atoms with Crippen LogP contribution in [-0.4, -0.2) is 38.6 Å². The van der Waals surface area contributed by atoms with Crippen molar-refractivity contribution in [3.8, 4) is 17.1 Å². The van der Waals surface area contributed by atoms with Crippen molar-refractivity contribution in [1.29, 1.82) is 0 Å². The number of carbonyl (C=O) groups excluding carboxylic acids is 1. The van der Waals surface area contributed by atoms with Gasteiger partial charge in [0.25, 0.3) is 5.56 Å². The van der Waals surface area contributed by atoms with Crippen LogP contribution in [0.3, 0.4) is 0 Å². The Morgan fingerprint density at radius 3 is 2.47 bits per heavy atom. The van der Waals surface area contributed by atoms with Crippen LogP contribution in [0.15, 0.2) is 91.8 Å². The highest BCUT2D eigenvalue weighted by Crippen LogP contribution is 2.21. The highest BCUT2D eigenvalue weighted by atomic mass is 32.2.